The van der Waals surface area contributed by atoms with Crippen LogP contribution in [-0.2, 0) is 9.59 Å². The molecule has 2 fully saturated rings. The lowest BCUT2D eigenvalue weighted by atomic mass is 9.83. The molecule has 2 aliphatic rings. The highest BCUT2D eigenvalue weighted by Crippen LogP contribution is 2.31. The Balaban J connectivity index is 1.97. The third kappa shape index (κ3) is 2.45. The van der Waals surface area contributed by atoms with E-state index in [9.17, 15) is 9.59 Å². The average molecular weight is 223 g/mol. The third-order valence-electron chi connectivity index (χ3n) is 3.89. The highest BCUT2D eigenvalue weighted by atomic mass is 16.2. The molecule has 1 saturated carbocycles. The zero-order valence-corrected chi connectivity index (χ0v) is 10.1. The van der Waals surface area contributed by atoms with Crippen molar-refractivity contribution in [3.8, 4) is 0 Å². The van der Waals surface area contributed by atoms with E-state index in [4.69, 9.17) is 0 Å². The molecule has 3 heteroatoms. The average Bonchev–Trinajstić information content (AvgIpc) is 2.14. The summed E-state index contributed by atoms with van der Waals surface area (Å²) in [5.41, 5.74) is 0. The number of carbonyl (C=O) groups is 2. The van der Waals surface area contributed by atoms with E-state index in [0.29, 0.717) is 12.3 Å². The Hall–Kier alpha value is -0.860. The smallest absolute Gasteiger partial charge is 0.225 e. The number of Topliss-reactive ketones (excluding diaryl/α,β-unsaturated/α-hetero) is 1. The maximum Gasteiger partial charge on any atom is 0.225 e. The molecule has 3 nitrogen and oxygen atoms in total. The third-order valence-corrected chi connectivity index (χ3v) is 3.89. The standard InChI is InChI=1S/C13H21NO2/c1-10(15)9-12-7-2-3-8-14(12)13(16)11-5-4-6-11/h11-12H,2-9H2,1H3. The number of likely N-dealkylation sites (tertiary alicyclic amines) is 1. The zero-order valence-electron chi connectivity index (χ0n) is 10.1. The van der Waals surface area contributed by atoms with Crippen molar-refractivity contribution in [2.45, 2.75) is 57.9 Å². The quantitative estimate of drug-likeness (QED) is 0.735. The molecule has 0 bridgehead atoms. The second-order valence-electron chi connectivity index (χ2n) is 5.22. The van der Waals surface area contributed by atoms with Crippen molar-refractivity contribution in [1.29, 1.82) is 0 Å². The molecule has 0 aromatic carbocycles. The molecule has 1 aliphatic heterocycles. The van der Waals surface area contributed by atoms with Gasteiger partial charge in [-0.15, -0.1) is 0 Å². The molecule has 0 N–H and O–H groups in total. The summed E-state index contributed by atoms with van der Waals surface area (Å²) >= 11 is 0. The van der Waals surface area contributed by atoms with Gasteiger partial charge < -0.3 is 4.90 Å². The van der Waals surface area contributed by atoms with Crippen LogP contribution in [-0.4, -0.2) is 29.2 Å². The first-order chi connectivity index (χ1) is 7.68. The lowest BCUT2D eigenvalue weighted by molar-refractivity contribution is -0.142. The van der Waals surface area contributed by atoms with Crippen LogP contribution in [0.25, 0.3) is 0 Å². The number of nitrogens with zero attached hydrogens (tertiary/aromatic N) is 1. The van der Waals surface area contributed by atoms with E-state index in [-0.39, 0.29) is 17.7 Å². The Bertz CT molecular complexity index is 284. The van der Waals surface area contributed by atoms with Crippen molar-refractivity contribution in [3.05, 3.63) is 0 Å². The van der Waals surface area contributed by atoms with Crippen molar-refractivity contribution in [2.24, 2.45) is 5.92 Å². The molecule has 1 aliphatic carbocycles. The van der Waals surface area contributed by atoms with Crippen LogP contribution < -0.4 is 0 Å². The maximum absolute atomic E-state index is 12.2. The highest BCUT2D eigenvalue weighted by Gasteiger charge is 2.34. The van der Waals surface area contributed by atoms with Crippen LogP contribution in [0.4, 0.5) is 0 Å². The van der Waals surface area contributed by atoms with Crippen LogP contribution >= 0.6 is 0 Å². The molecular weight excluding hydrogens is 202 g/mol. The predicted octanol–water partition coefficient (Wildman–Crippen LogP) is 2.15. The van der Waals surface area contributed by atoms with Gasteiger partial charge in [-0.3, -0.25) is 9.59 Å². The van der Waals surface area contributed by atoms with Gasteiger partial charge in [0.1, 0.15) is 5.78 Å². The molecule has 1 atom stereocenters. The van der Waals surface area contributed by atoms with Gasteiger partial charge in [-0.05, 0) is 39.0 Å². The van der Waals surface area contributed by atoms with Gasteiger partial charge in [-0.2, -0.15) is 0 Å². The van der Waals surface area contributed by atoms with Gasteiger partial charge in [0.2, 0.25) is 5.91 Å². The minimum Gasteiger partial charge on any atom is -0.339 e. The fourth-order valence-electron chi connectivity index (χ4n) is 2.72. The van der Waals surface area contributed by atoms with E-state index < -0.39 is 0 Å². The molecule has 0 spiro atoms. The van der Waals surface area contributed by atoms with E-state index in [1.165, 1.54) is 6.42 Å². The SMILES string of the molecule is CC(=O)CC1CCCCN1C(=O)C1CCC1. The summed E-state index contributed by atoms with van der Waals surface area (Å²) < 4.78 is 0. The van der Waals surface area contributed by atoms with Gasteiger partial charge in [0.05, 0.1) is 0 Å². The Morgan fingerprint density at radius 1 is 1.12 bits per heavy atom. The fourth-order valence-corrected chi connectivity index (χ4v) is 2.72. The van der Waals surface area contributed by atoms with E-state index in [1.54, 1.807) is 6.92 Å². The summed E-state index contributed by atoms with van der Waals surface area (Å²) in [4.78, 5) is 25.4. The first-order valence-corrected chi connectivity index (χ1v) is 6.48. The van der Waals surface area contributed by atoms with Crippen LogP contribution in [0.3, 0.4) is 0 Å². The zero-order chi connectivity index (χ0) is 11.5. The monoisotopic (exact) mass is 223 g/mol. The van der Waals surface area contributed by atoms with Gasteiger partial charge in [-0.1, -0.05) is 6.42 Å². The van der Waals surface area contributed by atoms with Crippen molar-refractivity contribution >= 4 is 11.7 Å². The number of hydrogen-bond donors (Lipinski definition) is 0. The van der Waals surface area contributed by atoms with Gasteiger partial charge in [-0.25, -0.2) is 0 Å². The normalized spacial score (nSPS) is 26.3. The highest BCUT2D eigenvalue weighted by molar-refractivity contribution is 5.81. The number of amides is 1. The van der Waals surface area contributed by atoms with Crippen LogP contribution in [0.5, 0.6) is 0 Å². The van der Waals surface area contributed by atoms with E-state index >= 15 is 0 Å². The molecule has 1 amide bonds. The molecule has 1 saturated heterocycles. The molecule has 0 aromatic heterocycles. The fraction of sp³-hybridized carbons (Fsp3) is 0.846. The molecular formula is C13H21NO2. The summed E-state index contributed by atoms with van der Waals surface area (Å²) in [7, 11) is 0. The Morgan fingerprint density at radius 3 is 2.44 bits per heavy atom. The molecule has 0 radical (unpaired) electrons. The lowest BCUT2D eigenvalue weighted by Crippen LogP contribution is -2.48. The van der Waals surface area contributed by atoms with Gasteiger partial charge >= 0.3 is 0 Å². The van der Waals surface area contributed by atoms with Crippen molar-refractivity contribution < 1.29 is 9.59 Å². The Morgan fingerprint density at radius 2 is 1.88 bits per heavy atom. The van der Waals surface area contributed by atoms with E-state index in [2.05, 4.69) is 0 Å². The summed E-state index contributed by atoms with van der Waals surface area (Å²) in [6, 6.07) is 0.194. The minimum absolute atomic E-state index is 0.194. The summed E-state index contributed by atoms with van der Waals surface area (Å²) in [6.07, 6.45) is 7.14. The van der Waals surface area contributed by atoms with Gasteiger partial charge in [0, 0.05) is 24.9 Å². The van der Waals surface area contributed by atoms with Crippen LogP contribution in [0.1, 0.15) is 51.9 Å². The molecule has 16 heavy (non-hydrogen) atoms. The second-order valence-corrected chi connectivity index (χ2v) is 5.22. The first kappa shape index (κ1) is 11.6. The van der Waals surface area contributed by atoms with Gasteiger partial charge in [0.25, 0.3) is 0 Å². The second kappa shape index (κ2) is 4.98. The number of piperidine rings is 1. The molecule has 0 aromatic rings. The summed E-state index contributed by atoms with van der Waals surface area (Å²) in [5.74, 6) is 0.795. The van der Waals surface area contributed by atoms with Crippen LogP contribution in [0.15, 0.2) is 0 Å². The van der Waals surface area contributed by atoms with Crippen LogP contribution in [0, 0.1) is 5.92 Å². The lowest BCUT2D eigenvalue weighted by Gasteiger charge is -2.39. The Labute approximate surface area is 97.2 Å². The summed E-state index contributed by atoms with van der Waals surface area (Å²) in [5, 5.41) is 0. The van der Waals surface area contributed by atoms with Crippen molar-refractivity contribution in [3.63, 3.8) is 0 Å². The summed E-state index contributed by atoms with van der Waals surface area (Å²) in [6.45, 7) is 2.49. The number of carbonyl (C=O) groups excluding carboxylic acids is 2. The van der Waals surface area contributed by atoms with Gasteiger partial charge in [0.15, 0.2) is 0 Å². The molecule has 2 rings (SSSR count). The van der Waals surface area contributed by atoms with E-state index in [0.717, 1.165) is 38.6 Å². The molecule has 1 heterocycles. The van der Waals surface area contributed by atoms with Crippen molar-refractivity contribution in [2.75, 3.05) is 6.54 Å². The molecule has 1 unspecified atom stereocenters. The number of rotatable bonds is 3. The number of hydrogen-bond acceptors (Lipinski definition) is 2. The maximum atomic E-state index is 12.2. The van der Waals surface area contributed by atoms with E-state index in [1.807, 2.05) is 4.90 Å². The Kier molecular flexibility index (Phi) is 3.62. The van der Waals surface area contributed by atoms with Crippen molar-refractivity contribution in [1.82, 2.24) is 4.90 Å². The minimum atomic E-state index is 0.194. The van der Waals surface area contributed by atoms with Crippen LogP contribution in [0.2, 0.25) is 0 Å². The largest absolute Gasteiger partial charge is 0.339 e. The topological polar surface area (TPSA) is 37.4 Å². The number of ketones is 1. The predicted molar refractivity (Wildman–Crippen MR) is 62.0 cm³/mol. The molecule has 90 valence electrons. The first-order valence-electron chi connectivity index (χ1n) is 6.48.